The summed E-state index contributed by atoms with van der Waals surface area (Å²) in [4.78, 5) is 16.4. The van der Waals surface area contributed by atoms with Gasteiger partial charge in [0.2, 0.25) is 0 Å². The largest absolute Gasteiger partial charge is 0.444 e. The van der Waals surface area contributed by atoms with E-state index in [0.29, 0.717) is 12.0 Å². The van der Waals surface area contributed by atoms with Gasteiger partial charge in [-0.3, -0.25) is 9.80 Å². The van der Waals surface area contributed by atoms with E-state index >= 15 is 0 Å². The number of benzene rings is 1. The average Bonchev–Trinajstić information content (AvgIpc) is 2.90. The second kappa shape index (κ2) is 4.48. The first kappa shape index (κ1) is 12.2. The number of rotatable bonds is 2. The first-order chi connectivity index (χ1) is 9.72. The van der Waals surface area contributed by atoms with Crippen LogP contribution in [0.2, 0.25) is 0 Å². The summed E-state index contributed by atoms with van der Waals surface area (Å²) in [7, 11) is 0. The van der Waals surface area contributed by atoms with E-state index in [1.807, 2.05) is 11.8 Å². The van der Waals surface area contributed by atoms with Gasteiger partial charge in [-0.05, 0) is 24.8 Å². The highest BCUT2D eigenvalue weighted by Gasteiger charge is 2.53. The van der Waals surface area contributed by atoms with Crippen molar-refractivity contribution >= 4 is 6.09 Å². The molecule has 3 heterocycles. The normalized spacial score (nSPS) is 36.0. The Labute approximate surface area is 119 Å². The van der Waals surface area contributed by atoms with Gasteiger partial charge in [-0.1, -0.05) is 30.3 Å². The summed E-state index contributed by atoms with van der Waals surface area (Å²) in [5, 5.41) is 0. The van der Waals surface area contributed by atoms with Gasteiger partial charge in [-0.15, -0.1) is 0 Å². The van der Waals surface area contributed by atoms with Gasteiger partial charge in [0.05, 0.1) is 6.04 Å². The lowest BCUT2D eigenvalue weighted by Gasteiger charge is -2.36. The molecule has 4 nitrogen and oxygen atoms in total. The summed E-state index contributed by atoms with van der Waals surface area (Å²) in [6.07, 6.45) is 1.11. The number of fused-ring (bicyclic) bond motifs is 4. The summed E-state index contributed by atoms with van der Waals surface area (Å²) in [5.74, 6) is 0.609. The van der Waals surface area contributed by atoms with Gasteiger partial charge in [0.1, 0.15) is 6.10 Å². The zero-order valence-corrected chi connectivity index (χ0v) is 11.7. The minimum absolute atomic E-state index is 0.0184. The van der Waals surface area contributed by atoms with E-state index in [0.717, 1.165) is 19.6 Å². The molecule has 106 valence electrons. The van der Waals surface area contributed by atoms with Crippen molar-refractivity contribution in [3.63, 3.8) is 0 Å². The number of cyclic esters (lactones) is 1. The number of amides is 1. The molecular formula is C16H20N2O2. The molecule has 0 unspecified atom stereocenters. The van der Waals surface area contributed by atoms with Crippen LogP contribution in [0.4, 0.5) is 4.79 Å². The standard InChI is InChI=1S/C16H20N2O2/c1-11-15-14-7-13(10-18(15)16(19)20-11)9-17(14)8-12-5-3-2-4-6-12/h2-6,11,13-15H,7-10H2,1H3/t11-,13-,14-,15+/m1/s1. The highest BCUT2D eigenvalue weighted by atomic mass is 16.6. The molecule has 0 aliphatic carbocycles. The van der Waals surface area contributed by atoms with Crippen LogP contribution in [0.25, 0.3) is 0 Å². The zero-order chi connectivity index (χ0) is 13.7. The molecule has 1 aromatic rings. The van der Waals surface area contributed by atoms with Crippen LogP contribution < -0.4 is 0 Å². The number of hydrogen-bond acceptors (Lipinski definition) is 3. The molecule has 0 aromatic heterocycles. The van der Waals surface area contributed by atoms with E-state index in [4.69, 9.17) is 4.74 Å². The van der Waals surface area contributed by atoms with Crippen molar-refractivity contribution in [3.05, 3.63) is 35.9 Å². The molecule has 2 bridgehead atoms. The summed E-state index contributed by atoms with van der Waals surface area (Å²) in [5.41, 5.74) is 1.35. The Balaban J connectivity index is 1.57. The quantitative estimate of drug-likeness (QED) is 0.826. The maximum Gasteiger partial charge on any atom is 0.410 e. The summed E-state index contributed by atoms with van der Waals surface area (Å²) in [6, 6.07) is 11.3. The molecule has 3 fully saturated rings. The molecule has 3 saturated heterocycles. The lowest BCUT2D eigenvalue weighted by molar-refractivity contribution is 0.109. The van der Waals surface area contributed by atoms with Gasteiger partial charge in [0.15, 0.2) is 0 Å². The van der Waals surface area contributed by atoms with Crippen LogP contribution in [-0.2, 0) is 11.3 Å². The third-order valence-corrected chi connectivity index (χ3v) is 4.98. The third kappa shape index (κ3) is 1.82. The SMILES string of the molecule is C[C@H]1OC(=O)N2C[C@@H]3C[C@H]([C@H]12)N(Cc1ccccc1)C3. The molecule has 1 amide bonds. The number of hydrogen-bond donors (Lipinski definition) is 0. The molecule has 20 heavy (non-hydrogen) atoms. The summed E-state index contributed by atoms with van der Waals surface area (Å²) < 4.78 is 5.42. The minimum atomic E-state index is -0.112. The number of ether oxygens (including phenoxy) is 1. The van der Waals surface area contributed by atoms with E-state index in [1.165, 1.54) is 12.0 Å². The van der Waals surface area contributed by atoms with Crippen LogP contribution in [0.15, 0.2) is 30.3 Å². The molecule has 4 heteroatoms. The maximum atomic E-state index is 11.9. The highest BCUT2D eigenvalue weighted by molar-refractivity contribution is 5.71. The first-order valence-corrected chi connectivity index (χ1v) is 7.47. The van der Waals surface area contributed by atoms with E-state index in [9.17, 15) is 4.79 Å². The van der Waals surface area contributed by atoms with Gasteiger partial charge in [0, 0.05) is 25.7 Å². The van der Waals surface area contributed by atoms with Crippen molar-refractivity contribution in [2.24, 2.45) is 5.92 Å². The molecule has 0 N–H and O–H groups in total. The lowest BCUT2D eigenvalue weighted by Crippen LogP contribution is -2.52. The number of likely N-dealkylation sites (tertiary alicyclic amines) is 1. The Morgan fingerprint density at radius 1 is 1.25 bits per heavy atom. The number of carbonyl (C=O) groups is 1. The predicted octanol–water partition coefficient (Wildman–Crippen LogP) is 2.10. The van der Waals surface area contributed by atoms with Gasteiger partial charge >= 0.3 is 6.09 Å². The monoisotopic (exact) mass is 272 g/mol. The molecule has 4 atom stereocenters. The van der Waals surface area contributed by atoms with E-state index in [1.54, 1.807) is 0 Å². The van der Waals surface area contributed by atoms with Crippen molar-refractivity contribution < 1.29 is 9.53 Å². The van der Waals surface area contributed by atoms with Crippen LogP contribution in [0.5, 0.6) is 0 Å². The van der Waals surface area contributed by atoms with Crippen LogP contribution in [0.3, 0.4) is 0 Å². The Kier molecular flexibility index (Phi) is 2.74. The van der Waals surface area contributed by atoms with Crippen LogP contribution in [-0.4, -0.2) is 47.2 Å². The number of piperidine rings is 1. The van der Waals surface area contributed by atoms with Gasteiger partial charge in [-0.25, -0.2) is 4.79 Å². The Morgan fingerprint density at radius 3 is 2.85 bits per heavy atom. The molecule has 1 aromatic carbocycles. The smallest absolute Gasteiger partial charge is 0.410 e. The van der Waals surface area contributed by atoms with Crippen molar-refractivity contribution in [2.75, 3.05) is 13.1 Å². The summed E-state index contributed by atoms with van der Waals surface area (Å²) >= 11 is 0. The van der Waals surface area contributed by atoms with E-state index < -0.39 is 0 Å². The molecule has 3 aliphatic rings. The van der Waals surface area contributed by atoms with Crippen LogP contribution in [0, 0.1) is 5.92 Å². The van der Waals surface area contributed by atoms with Gasteiger partial charge < -0.3 is 4.74 Å². The van der Waals surface area contributed by atoms with Gasteiger partial charge in [0.25, 0.3) is 0 Å². The highest BCUT2D eigenvalue weighted by Crippen LogP contribution is 2.39. The number of carbonyl (C=O) groups excluding carboxylic acids is 1. The minimum Gasteiger partial charge on any atom is -0.444 e. The van der Waals surface area contributed by atoms with Crippen LogP contribution in [0.1, 0.15) is 18.9 Å². The fourth-order valence-electron chi connectivity index (χ4n) is 4.19. The zero-order valence-electron chi connectivity index (χ0n) is 11.7. The third-order valence-electron chi connectivity index (χ3n) is 4.98. The maximum absolute atomic E-state index is 11.9. The Bertz CT molecular complexity index is 518. The van der Waals surface area contributed by atoms with E-state index in [-0.39, 0.29) is 18.2 Å². The van der Waals surface area contributed by atoms with Crippen molar-refractivity contribution in [3.8, 4) is 0 Å². The van der Waals surface area contributed by atoms with E-state index in [2.05, 4.69) is 35.2 Å². The molecule has 4 rings (SSSR count). The molecular weight excluding hydrogens is 252 g/mol. The van der Waals surface area contributed by atoms with Crippen molar-refractivity contribution in [2.45, 2.75) is 38.1 Å². The lowest BCUT2D eigenvalue weighted by atomic mass is 9.91. The molecule has 0 spiro atoms. The second-order valence-corrected chi connectivity index (χ2v) is 6.32. The van der Waals surface area contributed by atoms with Gasteiger partial charge in [-0.2, -0.15) is 0 Å². The fourth-order valence-corrected chi connectivity index (χ4v) is 4.19. The fraction of sp³-hybridized carbons (Fsp3) is 0.562. The second-order valence-electron chi connectivity index (χ2n) is 6.32. The number of nitrogens with zero attached hydrogens (tertiary/aromatic N) is 2. The average molecular weight is 272 g/mol. The first-order valence-electron chi connectivity index (χ1n) is 7.47. The topological polar surface area (TPSA) is 32.8 Å². The Morgan fingerprint density at radius 2 is 2.05 bits per heavy atom. The van der Waals surface area contributed by atoms with Crippen molar-refractivity contribution in [1.29, 1.82) is 0 Å². The summed E-state index contributed by atoms with van der Waals surface area (Å²) in [6.45, 7) is 4.98. The van der Waals surface area contributed by atoms with Crippen LogP contribution >= 0.6 is 0 Å². The molecule has 3 aliphatic heterocycles. The Hall–Kier alpha value is -1.55. The van der Waals surface area contributed by atoms with Crippen molar-refractivity contribution in [1.82, 2.24) is 9.80 Å². The predicted molar refractivity (Wildman–Crippen MR) is 75.2 cm³/mol. The molecule has 0 saturated carbocycles. The molecule has 0 radical (unpaired) electrons.